The summed E-state index contributed by atoms with van der Waals surface area (Å²) in [4.78, 5) is 16.1. The molecule has 2 amide bonds. The van der Waals surface area contributed by atoms with E-state index in [1.54, 1.807) is 19.1 Å². The van der Waals surface area contributed by atoms with Crippen molar-refractivity contribution in [3.8, 4) is 0 Å². The molecule has 0 spiro atoms. The summed E-state index contributed by atoms with van der Waals surface area (Å²) in [6.07, 6.45) is -0.877. The van der Waals surface area contributed by atoms with Crippen molar-refractivity contribution in [1.29, 1.82) is 0 Å². The van der Waals surface area contributed by atoms with Crippen LogP contribution in [0.3, 0.4) is 0 Å². The number of carbonyl (C=O) groups is 1. The number of urea groups is 1. The maximum atomic E-state index is 12.1. The lowest BCUT2D eigenvalue weighted by molar-refractivity contribution is 0.0734. The molecule has 0 aromatic heterocycles. The molecule has 2 atom stereocenters. The van der Waals surface area contributed by atoms with Crippen LogP contribution in [0.4, 0.5) is 4.79 Å². The van der Waals surface area contributed by atoms with E-state index < -0.39 is 18.2 Å². The zero-order valence-electron chi connectivity index (χ0n) is 12.8. The predicted molar refractivity (Wildman–Crippen MR) is 87.4 cm³/mol. The molecule has 0 heterocycles. The smallest absolute Gasteiger partial charge is 0.311 e. The third-order valence-corrected chi connectivity index (χ3v) is 3.66. The highest BCUT2D eigenvalue weighted by atomic mass is 16.3. The van der Waals surface area contributed by atoms with Crippen molar-refractivity contribution in [2.45, 2.75) is 25.6 Å². The fourth-order valence-electron chi connectivity index (χ4n) is 2.36. The summed E-state index contributed by atoms with van der Waals surface area (Å²) >= 11 is 0. The van der Waals surface area contributed by atoms with E-state index >= 15 is 0 Å². The number of azide groups is 1. The summed E-state index contributed by atoms with van der Waals surface area (Å²) in [7, 11) is 0. The van der Waals surface area contributed by atoms with Crippen LogP contribution in [0.25, 0.3) is 10.4 Å². The molecule has 0 bridgehead atoms. The second-order valence-corrected chi connectivity index (χ2v) is 5.18. The summed E-state index contributed by atoms with van der Waals surface area (Å²) in [6.45, 7) is 1.98. The number of rotatable bonds is 5. The van der Waals surface area contributed by atoms with E-state index in [1.165, 1.54) is 4.90 Å². The van der Waals surface area contributed by atoms with Crippen molar-refractivity contribution in [3.63, 3.8) is 0 Å². The van der Waals surface area contributed by atoms with E-state index in [0.29, 0.717) is 5.56 Å². The van der Waals surface area contributed by atoms with Gasteiger partial charge in [-0.2, -0.15) is 0 Å². The Kier molecular flexibility index (Phi) is 5.74. The Hall–Kier alpha value is -2.82. The number of carbonyl (C=O) groups excluding carboxylic acids is 1. The van der Waals surface area contributed by atoms with Gasteiger partial charge >= 0.3 is 6.03 Å². The second kappa shape index (κ2) is 7.98. The first-order chi connectivity index (χ1) is 11.1. The van der Waals surface area contributed by atoms with E-state index in [9.17, 15) is 9.90 Å². The zero-order chi connectivity index (χ0) is 16.7. The van der Waals surface area contributed by atoms with Gasteiger partial charge in [0.25, 0.3) is 0 Å². The largest absolute Gasteiger partial charge is 0.386 e. The van der Waals surface area contributed by atoms with Crippen LogP contribution in [-0.4, -0.2) is 22.1 Å². The average molecular weight is 310 g/mol. The van der Waals surface area contributed by atoms with Crippen molar-refractivity contribution in [2.24, 2.45) is 5.11 Å². The molecule has 2 aromatic carbocycles. The molecule has 0 unspecified atom stereocenters. The average Bonchev–Trinajstić information content (AvgIpc) is 2.60. The number of hydrogen-bond donors (Lipinski definition) is 1. The molecule has 23 heavy (non-hydrogen) atoms. The lowest BCUT2D eigenvalue weighted by atomic mass is 10.0. The van der Waals surface area contributed by atoms with Gasteiger partial charge in [0.1, 0.15) is 0 Å². The molecular weight excluding hydrogens is 292 g/mol. The summed E-state index contributed by atoms with van der Waals surface area (Å²) in [5.74, 6) is 0. The lowest BCUT2D eigenvalue weighted by Gasteiger charge is -2.31. The van der Waals surface area contributed by atoms with E-state index in [2.05, 4.69) is 10.0 Å². The van der Waals surface area contributed by atoms with Crippen LogP contribution in [0.15, 0.2) is 65.8 Å². The van der Waals surface area contributed by atoms with Gasteiger partial charge in [-0.3, -0.25) is 4.79 Å². The molecule has 118 valence electrons. The molecule has 0 aliphatic heterocycles. The first-order valence-corrected chi connectivity index (χ1v) is 7.26. The number of amides is 2. The van der Waals surface area contributed by atoms with Gasteiger partial charge in [0.05, 0.1) is 12.1 Å². The first kappa shape index (κ1) is 16.5. The molecular formula is C17H18N4O2. The van der Waals surface area contributed by atoms with Crippen LogP contribution in [0.2, 0.25) is 0 Å². The number of nitrogens with zero attached hydrogens (tertiary/aromatic N) is 4. The maximum Gasteiger partial charge on any atom is 0.311 e. The SMILES string of the molecule is C[C@H]([C@@H](O)c1ccccc1)N(Cc1ccccc1)C(=O)N=[N+]=[N-]. The Balaban J connectivity index is 2.25. The minimum Gasteiger partial charge on any atom is -0.386 e. The maximum absolute atomic E-state index is 12.1. The van der Waals surface area contributed by atoms with Crippen molar-refractivity contribution in [1.82, 2.24) is 4.90 Å². The number of aliphatic hydroxyl groups excluding tert-OH is 1. The lowest BCUT2D eigenvalue weighted by Crippen LogP contribution is -2.40. The van der Waals surface area contributed by atoms with Crippen molar-refractivity contribution in [3.05, 3.63) is 82.2 Å². The highest BCUT2D eigenvalue weighted by Gasteiger charge is 2.26. The third-order valence-electron chi connectivity index (χ3n) is 3.66. The fourth-order valence-corrected chi connectivity index (χ4v) is 2.36. The van der Waals surface area contributed by atoms with Gasteiger partial charge in [-0.15, -0.1) is 0 Å². The molecule has 2 rings (SSSR count). The highest BCUT2D eigenvalue weighted by molar-refractivity contribution is 5.75. The quantitative estimate of drug-likeness (QED) is 0.513. The van der Waals surface area contributed by atoms with E-state index in [4.69, 9.17) is 5.53 Å². The molecule has 0 saturated carbocycles. The number of benzene rings is 2. The van der Waals surface area contributed by atoms with E-state index in [0.717, 1.165) is 5.56 Å². The Labute approximate surface area is 134 Å². The second-order valence-electron chi connectivity index (χ2n) is 5.18. The Bertz CT molecular complexity index is 684. The molecule has 2 aromatic rings. The molecule has 0 aliphatic rings. The monoisotopic (exact) mass is 310 g/mol. The Morgan fingerprint density at radius 1 is 1.17 bits per heavy atom. The van der Waals surface area contributed by atoms with Gasteiger partial charge in [0.15, 0.2) is 0 Å². The summed E-state index contributed by atoms with van der Waals surface area (Å²) in [6, 6.07) is 17.2. The van der Waals surface area contributed by atoms with Gasteiger partial charge in [-0.1, -0.05) is 60.7 Å². The zero-order valence-corrected chi connectivity index (χ0v) is 12.8. The van der Waals surface area contributed by atoms with Gasteiger partial charge in [0.2, 0.25) is 0 Å². The molecule has 6 nitrogen and oxygen atoms in total. The van der Waals surface area contributed by atoms with Crippen molar-refractivity contribution >= 4 is 6.03 Å². The number of hydrogen-bond acceptors (Lipinski definition) is 2. The van der Waals surface area contributed by atoms with Gasteiger partial charge in [-0.05, 0) is 23.6 Å². The summed E-state index contributed by atoms with van der Waals surface area (Å²) in [5, 5.41) is 13.7. The van der Waals surface area contributed by atoms with Crippen LogP contribution in [0.1, 0.15) is 24.2 Å². The first-order valence-electron chi connectivity index (χ1n) is 7.26. The van der Waals surface area contributed by atoms with Crippen LogP contribution >= 0.6 is 0 Å². The Morgan fingerprint density at radius 3 is 2.30 bits per heavy atom. The minimum atomic E-state index is -0.877. The summed E-state index contributed by atoms with van der Waals surface area (Å²) in [5.41, 5.74) is 10.1. The van der Waals surface area contributed by atoms with Crippen molar-refractivity contribution in [2.75, 3.05) is 0 Å². The third kappa shape index (κ3) is 4.32. The summed E-state index contributed by atoms with van der Waals surface area (Å²) < 4.78 is 0. The molecule has 1 N–H and O–H groups in total. The minimum absolute atomic E-state index is 0.254. The standard InChI is InChI=1S/C17H18N4O2/c1-13(16(22)15-10-6-3-7-11-15)21(17(23)19-20-18)12-14-8-4-2-5-9-14/h2-11,13,16,22H,12H2,1H3/t13-,16-/m1/s1. The van der Waals surface area contributed by atoms with Crippen LogP contribution in [-0.2, 0) is 6.54 Å². The van der Waals surface area contributed by atoms with Gasteiger partial charge in [-0.25, -0.2) is 0 Å². The molecule has 0 fully saturated rings. The van der Waals surface area contributed by atoms with Gasteiger partial charge in [0, 0.05) is 16.6 Å². The molecule has 0 saturated heterocycles. The van der Waals surface area contributed by atoms with Crippen LogP contribution in [0, 0.1) is 0 Å². The van der Waals surface area contributed by atoms with Crippen LogP contribution in [0.5, 0.6) is 0 Å². The van der Waals surface area contributed by atoms with Crippen molar-refractivity contribution < 1.29 is 9.90 Å². The number of aliphatic hydroxyl groups is 1. The van der Waals surface area contributed by atoms with Crippen LogP contribution < -0.4 is 0 Å². The Morgan fingerprint density at radius 2 is 1.74 bits per heavy atom. The predicted octanol–water partition coefficient (Wildman–Crippen LogP) is 4.04. The topological polar surface area (TPSA) is 89.3 Å². The highest BCUT2D eigenvalue weighted by Crippen LogP contribution is 2.23. The van der Waals surface area contributed by atoms with E-state index in [-0.39, 0.29) is 6.54 Å². The molecule has 0 radical (unpaired) electrons. The normalized spacial score (nSPS) is 12.8. The fraction of sp³-hybridized carbons (Fsp3) is 0.235. The van der Waals surface area contributed by atoms with E-state index in [1.807, 2.05) is 48.5 Å². The van der Waals surface area contributed by atoms with Gasteiger partial charge < -0.3 is 10.0 Å². The molecule has 0 aliphatic carbocycles. The molecule has 6 heteroatoms.